The summed E-state index contributed by atoms with van der Waals surface area (Å²) >= 11 is 0. The SMILES string of the molecule is CC(=O)N1CCC2(CC1)CN(C)C2. The molecule has 2 heterocycles. The number of rotatable bonds is 0. The number of hydrogen-bond acceptors (Lipinski definition) is 2. The predicted octanol–water partition coefficient (Wildman–Crippen LogP) is 0.560. The maximum atomic E-state index is 11.1. The quantitative estimate of drug-likeness (QED) is 0.546. The number of amides is 1. The van der Waals surface area contributed by atoms with Crippen LogP contribution < -0.4 is 0 Å². The van der Waals surface area contributed by atoms with Gasteiger partial charge in [0, 0.05) is 33.1 Å². The molecule has 2 rings (SSSR count). The molecule has 2 saturated heterocycles. The van der Waals surface area contributed by atoms with Crippen LogP contribution >= 0.6 is 0 Å². The van der Waals surface area contributed by atoms with E-state index in [-0.39, 0.29) is 5.91 Å². The van der Waals surface area contributed by atoms with Crippen molar-refractivity contribution in [1.82, 2.24) is 9.80 Å². The second kappa shape index (κ2) is 2.98. The third-order valence-corrected chi connectivity index (χ3v) is 3.48. The van der Waals surface area contributed by atoms with Crippen LogP contribution in [0.25, 0.3) is 0 Å². The fourth-order valence-electron chi connectivity index (χ4n) is 2.71. The van der Waals surface area contributed by atoms with E-state index in [1.807, 2.05) is 4.90 Å². The topological polar surface area (TPSA) is 23.6 Å². The molecule has 0 atom stereocenters. The normalized spacial score (nSPS) is 27.4. The van der Waals surface area contributed by atoms with Crippen molar-refractivity contribution in [3.63, 3.8) is 0 Å². The van der Waals surface area contributed by atoms with E-state index in [9.17, 15) is 4.79 Å². The van der Waals surface area contributed by atoms with Crippen LogP contribution in [0.15, 0.2) is 0 Å². The molecule has 2 fully saturated rings. The van der Waals surface area contributed by atoms with Crippen molar-refractivity contribution in [2.24, 2.45) is 5.41 Å². The molecule has 1 amide bonds. The van der Waals surface area contributed by atoms with E-state index in [4.69, 9.17) is 0 Å². The fraction of sp³-hybridized carbons (Fsp3) is 0.900. The molecule has 1 spiro atoms. The Morgan fingerprint density at radius 1 is 1.23 bits per heavy atom. The lowest BCUT2D eigenvalue weighted by Crippen LogP contribution is -2.59. The Bertz CT molecular complexity index is 211. The summed E-state index contributed by atoms with van der Waals surface area (Å²) in [4.78, 5) is 15.4. The first-order valence-electron chi connectivity index (χ1n) is 5.05. The van der Waals surface area contributed by atoms with Crippen LogP contribution in [-0.2, 0) is 4.79 Å². The zero-order chi connectivity index (χ0) is 9.47. The highest BCUT2D eigenvalue weighted by molar-refractivity contribution is 5.73. The van der Waals surface area contributed by atoms with Crippen LogP contribution in [0.4, 0.5) is 0 Å². The number of piperidine rings is 1. The maximum Gasteiger partial charge on any atom is 0.219 e. The zero-order valence-electron chi connectivity index (χ0n) is 8.55. The number of likely N-dealkylation sites (tertiary alicyclic amines) is 2. The van der Waals surface area contributed by atoms with Crippen molar-refractivity contribution >= 4 is 5.91 Å². The third-order valence-electron chi connectivity index (χ3n) is 3.48. The fourth-order valence-corrected chi connectivity index (χ4v) is 2.71. The molecule has 0 aromatic rings. The van der Waals surface area contributed by atoms with Gasteiger partial charge in [-0.1, -0.05) is 0 Å². The Kier molecular flexibility index (Phi) is 2.06. The highest BCUT2D eigenvalue weighted by Gasteiger charge is 2.43. The van der Waals surface area contributed by atoms with E-state index >= 15 is 0 Å². The van der Waals surface area contributed by atoms with Crippen LogP contribution in [0.2, 0.25) is 0 Å². The highest BCUT2D eigenvalue weighted by Crippen LogP contribution is 2.39. The summed E-state index contributed by atoms with van der Waals surface area (Å²) in [6.07, 6.45) is 2.41. The van der Waals surface area contributed by atoms with E-state index < -0.39 is 0 Å². The van der Waals surface area contributed by atoms with Gasteiger partial charge in [0.1, 0.15) is 0 Å². The van der Waals surface area contributed by atoms with Gasteiger partial charge in [-0.15, -0.1) is 0 Å². The van der Waals surface area contributed by atoms with Gasteiger partial charge in [-0.2, -0.15) is 0 Å². The van der Waals surface area contributed by atoms with Crippen LogP contribution in [0.3, 0.4) is 0 Å². The Morgan fingerprint density at radius 3 is 2.15 bits per heavy atom. The predicted molar refractivity (Wildman–Crippen MR) is 51.4 cm³/mol. The van der Waals surface area contributed by atoms with Crippen LogP contribution in [0.5, 0.6) is 0 Å². The zero-order valence-corrected chi connectivity index (χ0v) is 8.55. The van der Waals surface area contributed by atoms with E-state index in [1.165, 1.54) is 25.9 Å². The van der Waals surface area contributed by atoms with Gasteiger partial charge in [-0.3, -0.25) is 4.79 Å². The van der Waals surface area contributed by atoms with Crippen molar-refractivity contribution in [2.75, 3.05) is 33.2 Å². The van der Waals surface area contributed by atoms with Gasteiger partial charge >= 0.3 is 0 Å². The van der Waals surface area contributed by atoms with Gasteiger partial charge in [-0.05, 0) is 25.3 Å². The molecule has 0 aromatic heterocycles. The molecule has 0 bridgehead atoms. The minimum Gasteiger partial charge on any atom is -0.343 e. The Balaban J connectivity index is 1.86. The molecule has 0 N–H and O–H groups in total. The maximum absolute atomic E-state index is 11.1. The number of hydrogen-bond donors (Lipinski definition) is 0. The molecule has 13 heavy (non-hydrogen) atoms. The van der Waals surface area contributed by atoms with Crippen molar-refractivity contribution in [3.8, 4) is 0 Å². The van der Waals surface area contributed by atoms with E-state index in [0.717, 1.165) is 13.1 Å². The van der Waals surface area contributed by atoms with E-state index in [2.05, 4.69) is 11.9 Å². The molecule has 3 nitrogen and oxygen atoms in total. The molecular formula is C10H18N2O. The summed E-state index contributed by atoms with van der Waals surface area (Å²) in [6, 6.07) is 0. The number of nitrogens with zero attached hydrogens (tertiary/aromatic N) is 2. The Hall–Kier alpha value is -0.570. The second-order valence-electron chi connectivity index (χ2n) is 4.68. The van der Waals surface area contributed by atoms with Crippen molar-refractivity contribution in [2.45, 2.75) is 19.8 Å². The number of carbonyl (C=O) groups excluding carboxylic acids is 1. The van der Waals surface area contributed by atoms with Crippen molar-refractivity contribution in [1.29, 1.82) is 0 Å². The van der Waals surface area contributed by atoms with Crippen molar-refractivity contribution < 1.29 is 4.79 Å². The van der Waals surface area contributed by atoms with Crippen LogP contribution in [-0.4, -0.2) is 48.9 Å². The molecule has 3 heteroatoms. The minimum atomic E-state index is 0.238. The first-order chi connectivity index (χ1) is 6.11. The van der Waals surface area contributed by atoms with Crippen LogP contribution in [0, 0.1) is 5.41 Å². The van der Waals surface area contributed by atoms with Gasteiger partial charge < -0.3 is 9.80 Å². The lowest BCUT2D eigenvalue weighted by molar-refractivity contribution is -0.133. The van der Waals surface area contributed by atoms with Gasteiger partial charge in [0.25, 0.3) is 0 Å². The standard InChI is InChI=1S/C10H18N2O/c1-9(13)12-5-3-10(4-6-12)7-11(2)8-10/h3-8H2,1-2H3. The first-order valence-corrected chi connectivity index (χ1v) is 5.05. The van der Waals surface area contributed by atoms with E-state index in [1.54, 1.807) is 6.92 Å². The van der Waals surface area contributed by atoms with Gasteiger partial charge in [0.05, 0.1) is 0 Å². The summed E-state index contributed by atoms with van der Waals surface area (Å²) in [5, 5.41) is 0. The molecule has 0 aliphatic carbocycles. The third kappa shape index (κ3) is 1.57. The summed E-state index contributed by atoms with van der Waals surface area (Å²) in [6.45, 7) is 6.09. The van der Waals surface area contributed by atoms with E-state index in [0.29, 0.717) is 5.41 Å². The largest absolute Gasteiger partial charge is 0.343 e. The van der Waals surface area contributed by atoms with Crippen LogP contribution in [0.1, 0.15) is 19.8 Å². The molecule has 0 aromatic carbocycles. The smallest absolute Gasteiger partial charge is 0.219 e. The first kappa shape index (κ1) is 9.00. The lowest BCUT2D eigenvalue weighted by atomic mass is 9.72. The average Bonchev–Trinajstić information content (AvgIpc) is 2.03. The molecular weight excluding hydrogens is 164 g/mol. The molecule has 2 aliphatic heterocycles. The monoisotopic (exact) mass is 182 g/mol. The number of carbonyl (C=O) groups is 1. The van der Waals surface area contributed by atoms with Gasteiger partial charge in [-0.25, -0.2) is 0 Å². The van der Waals surface area contributed by atoms with Gasteiger partial charge in [0.15, 0.2) is 0 Å². The average molecular weight is 182 g/mol. The summed E-state index contributed by atoms with van der Waals surface area (Å²) < 4.78 is 0. The molecule has 0 saturated carbocycles. The highest BCUT2D eigenvalue weighted by atomic mass is 16.2. The molecule has 0 unspecified atom stereocenters. The summed E-state index contributed by atoms with van der Waals surface area (Å²) in [7, 11) is 2.17. The molecule has 74 valence electrons. The minimum absolute atomic E-state index is 0.238. The Morgan fingerprint density at radius 2 is 1.77 bits per heavy atom. The lowest BCUT2D eigenvalue weighted by Gasteiger charge is -2.52. The van der Waals surface area contributed by atoms with Crippen molar-refractivity contribution in [3.05, 3.63) is 0 Å². The van der Waals surface area contributed by atoms with Gasteiger partial charge in [0.2, 0.25) is 5.91 Å². The second-order valence-corrected chi connectivity index (χ2v) is 4.68. The summed E-state index contributed by atoms with van der Waals surface area (Å²) in [5.74, 6) is 0.238. The Labute approximate surface area is 79.7 Å². The molecule has 0 radical (unpaired) electrons. The molecule has 2 aliphatic rings. The summed E-state index contributed by atoms with van der Waals surface area (Å²) in [5.41, 5.74) is 0.570.